The molecule has 3 heteroatoms. The van der Waals surface area contributed by atoms with Crippen LogP contribution in [0.3, 0.4) is 0 Å². The molecule has 0 aromatic heterocycles. The molecule has 0 fully saturated rings. The molecule has 0 N–H and O–H groups in total. The lowest BCUT2D eigenvalue weighted by atomic mass is 10.2. The molecular weight excluding hydrogens is 198 g/mol. The molecule has 0 amide bonds. The highest BCUT2D eigenvalue weighted by Crippen LogP contribution is 2.28. The number of hydrogen-bond donors (Lipinski definition) is 0. The van der Waals surface area contributed by atoms with E-state index in [0.717, 1.165) is 27.3 Å². The van der Waals surface area contributed by atoms with Crippen LogP contribution in [0.15, 0.2) is 51.4 Å². The topological polar surface area (TPSA) is 37.1 Å². The fourth-order valence-corrected chi connectivity index (χ4v) is 2.20. The molecule has 2 aliphatic rings. The van der Waals surface area contributed by atoms with Crippen LogP contribution in [0, 0.1) is 10.4 Å². The summed E-state index contributed by atoms with van der Waals surface area (Å²) in [5, 5.41) is 4.27. The highest BCUT2D eigenvalue weighted by Gasteiger charge is 2.11. The molecule has 2 heterocycles. The van der Waals surface area contributed by atoms with Gasteiger partial charge in [0.1, 0.15) is 12.0 Å². The summed E-state index contributed by atoms with van der Waals surface area (Å²) in [6, 6.07) is 12.2. The first-order chi connectivity index (χ1) is 7.93. The van der Waals surface area contributed by atoms with E-state index >= 15 is 0 Å². The van der Waals surface area contributed by atoms with Gasteiger partial charge >= 0.3 is 0 Å². The van der Waals surface area contributed by atoms with E-state index in [1.54, 1.807) is 6.34 Å². The molecule has 2 aromatic carbocycles. The van der Waals surface area contributed by atoms with Crippen LogP contribution in [0.25, 0.3) is 0 Å². The second-order valence-electron chi connectivity index (χ2n) is 3.83. The Hall–Kier alpha value is -2.29. The van der Waals surface area contributed by atoms with Crippen molar-refractivity contribution < 1.29 is 0 Å². The highest BCUT2D eigenvalue weighted by molar-refractivity contribution is 5.75. The van der Waals surface area contributed by atoms with Crippen LogP contribution in [0.1, 0.15) is 0 Å². The number of hydrogen-bond acceptors (Lipinski definition) is 3. The van der Waals surface area contributed by atoms with Gasteiger partial charge in [-0.3, -0.25) is 0 Å². The molecule has 0 aliphatic carbocycles. The van der Waals surface area contributed by atoms with Crippen molar-refractivity contribution in [1.29, 1.82) is 0 Å². The van der Waals surface area contributed by atoms with Crippen molar-refractivity contribution in [3.63, 3.8) is 0 Å². The Balaban J connectivity index is 2.35. The SMILES string of the molecule is C1=Nc2c3c(ccc2=N1)=c1ccccc1=N3. The van der Waals surface area contributed by atoms with E-state index in [0.29, 0.717) is 0 Å². The first kappa shape index (κ1) is 7.93. The molecule has 0 saturated carbocycles. The van der Waals surface area contributed by atoms with Gasteiger partial charge in [-0.2, -0.15) is 0 Å². The number of fused-ring (bicyclic) bond motifs is 4. The first-order valence-corrected chi connectivity index (χ1v) is 5.15. The van der Waals surface area contributed by atoms with Gasteiger partial charge in [-0.05, 0) is 18.2 Å². The van der Waals surface area contributed by atoms with Crippen LogP contribution in [0.2, 0.25) is 0 Å². The zero-order valence-electron chi connectivity index (χ0n) is 8.38. The van der Waals surface area contributed by atoms with Gasteiger partial charge in [-0.1, -0.05) is 18.2 Å². The number of aliphatic imine (C=N–C) groups is 1. The predicted octanol–water partition coefficient (Wildman–Crippen LogP) is 1.53. The minimum Gasteiger partial charge on any atom is -0.245 e. The van der Waals surface area contributed by atoms with E-state index in [9.17, 15) is 0 Å². The van der Waals surface area contributed by atoms with Gasteiger partial charge < -0.3 is 0 Å². The molecule has 16 heavy (non-hydrogen) atoms. The summed E-state index contributed by atoms with van der Waals surface area (Å²) in [4.78, 5) is 13.1. The Bertz CT molecular complexity index is 848. The Morgan fingerprint density at radius 3 is 2.69 bits per heavy atom. The second-order valence-corrected chi connectivity index (χ2v) is 3.83. The summed E-state index contributed by atoms with van der Waals surface area (Å²) in [6.07, 6.45) is 1.59. The fraction of sp³-hybridized carbons (Fsp3) is 0. The number of benzene rings is 2. The number of rotatable bonds is 0. The molecule has 0 saturated heterocycles. The molecular formula is C13H7N3. The maximum absolute atomic E-state index is 4.61. The van der Waals surface area contributed by atoms with Gasteiger partial charge in [0.25, 0.3) is 0 Å². The van der Waals surface area contributed by atoms with E-state index in [1.807, 2.05) is 24.3 Å². The third-order valence-electron chi connectivity index (χ3n) is 2.94. The summed E-state index contributed by atoms with van der Waals surface area (Å²) in [5.74, 6) is 0. The molecule has 4 rings (SSSR count). The second kappa shape index (κ2) is 2.64. The van der Waals surface area contributed by atoms with Crippen molar-refractivity contribution in [3.8, 4) is 0 Å². The normalized spacial score (nSPS) is 13.8. The molecule has 2 aromatic rings. The average Bonchev–Trinajstić information content (AvgIpc) is 2.92. The standard InChI is InChI=1S/C13H7N3/c1-2-4-10-8(3-1)9-5-6-11-13(12(9)16-10)15-7-14-11/h1-7H. The average molecular weight is 205 g/mol. The zero-order valence-corrected chi connectivity index (χ0v) is 8.38. The van der Waals surface area contributed by atoms with E-state index in [2.05, 4.69) is 27.1 Å². The Morgan fingerprint density at radius 1 is 0.750 bits per heavy atom. The third kappa shape index (κ3) is 0.852. The monoisotopic (exact) mass is 205 g/mol. The van der Waals surface area contributed by atoms with Crippen LogP contribution < -0.4 is 10.7 Å². The van der Waals surface area contributed by atoms with Crippen LogP contribution in [-0.4, -0.2) is 6.34 Å². The molecule has 0 radical (unpaired) electrons. The number of nitrogens with zero attached hydrogens (tertiary/aromatic N) is 3. The van der Waals surface area contributed by atoms with Crippen molar-refractivity contribution in [3.05, 3.63) is 57.5 Å². The van der Waals surface area contributed by atoms with Gasteiger partial charge in [0, 0.05) is 10.4 Å². The Labute approximate surface area is 90.8 Å². The molecule has 3 nitrogen and oxygen atoms in total. The maximum Gasteiger partial charge on any atom is 0.117 e. The van der Waals surface area contributed by atoms with Crippen molar-refractivity contribution in [2.45, 2.75) is 0 Å². The van der Waals surface area contributed by atoms with Gasteiger partial charge in [-0.15, -0.1) is 0 Å². The maximum atomic E-state index is 4.61. The van der Waals surface area contributed by atoms with Gasteiger partial charge in [-0.25, -0.2) is 15.0 Å². The summed E-state index contributed by atoms with van der Waals surface area (Å²) in [7, 11) is 0. The Kier molecular flexibility index (Phi) is 1.31. The van der Waals surface area contributed by atoms with Crippen molar-refractivity contribution in [2.24, 2.45) is 15.0 Å². The van der Waals surface area contributed by atoms with Crippen molar-refractivity contribution in [1.82, 2.24) is 0 Å². The summed E-state index contributed by atoms with van der Waals surface area (Å²) in [6.45, 7) is 0. The van der Waals surface area contributed by atoms with Gasteiger partial charge in [0.2, 0.25) is 0 Å². The van der Waals surface area contributed by atoms with Crippen molar-refractivity contribution in [2.75, 3.05) is 0 Å². The minimum absolute atomic E-state index is 0.897. The lowest BCUT2D eigenvalue weighted by Gasteiger charge is -1.94. The quantitative estimate of drug-likeness (QED) is 0.534. The summed E-state index contributed by atoms with van der Waals surface area (Å²) < 4.78 is 0. The van der Waals surface area contributed by atoms with Crippen molar-refractivity contribution >= 4 is 17.7 Å². The summed E-state index contributed by atoms with van der Waals surface area (Å²) >= 11 is 0. The molecule has 0 bridgehead atoms. The molecule has 0 atom stereocenters. The minimum atomic E-state index is 0.897. The van der Waals surface area contributed by atoms with Crippen LogP contribution in [-0.2, 0) is 0 Å². The lowest BCUT2D eigenvalue weighted by Crippen LogP contribution is -1.97. The molecule has 74 valence electrons. The molecule has 0 unspecified atom stereocenters. The lowest BCUT2D eigenvalue weighted by molar-refractivity contribution is 1.35. The zero-order chi connectivity index (χ0) is 10.5. The fourth-order valence-electron chi connectivity index (χ4n) is 2.20. The van der Waals surface area contributed by atoms with E-state index in [-0.39, 0.29) is 0 Å². The first-order valence-electron chi connectivity index (χ1n) is 5.15. The predicted molar refractivity (Wildman–Crippen MR) is 60.7 cm³/mol. The largest absolute Gasteiger partial charge is 0.245 e. The van der Waals surface area contributed by atoms with Gasteiger partial charge in [0.15, 0.2) is 0 Å². The molecule has 2 aliphatic heterocycles. The summed E-state index contributed by atoms with van der Waals surface area (Å²) in [5.41, 5.74) is 1.85. The van der Waals surface area contributed by atoms with E-state index < -0.39 is 0 Å². The van der Waals surface area contributed by atoms with Gasteiger partial charge in [0.05, 0.1) is 16.4 Å². The van der Waals surface area contributed by atoms with E-state index in [4.69, 9.17) is 0 Å². The third-order valence-corrected chi connectivity index (χ3v) is 2.94. The van der Waals surface area contributed by atoms with Crippen LogP contribution >= 0.6 is 0 Å². The Morgan fingerprint density at radius 2 is 1.69 bits per heavy atom. The van der Waals surface area contributed by atoms with Crippen LogP contribution in [0.5, 0.6) is 0 Å². The smallest absolute Gasteiger partial charge is 0.117 e. The van der Waals surface area contributed by atoms with Crippen LogP contribution in [0.4, 0.5) is 11.4 Å². The molecule has 0 spiro atoms. The van der Waals surface area contributed by atoms with E-state index in [1.165, 1.54) is 5.22 Å². The highest BCUT2D eigenvalue weighted by atomic mass is 15.0. The number of para-hydroxylation sites is 1.